The Morgan fingerprint density at radius 3 is 2.79 bits per heavy atom. The lowest BCUT2D eigenvalue weighted by Gasteiger charge is -2.31. The molecule has 1 aliphatic heterocycles. The van der Waals surface area contributed by atoms with Crippen molar-refractivity contribution in [2.24, 2.45) is 15.9 Å². The van der Waals surface area contributed by atoms with Gasteiger partial charge in [-0.05, 0) is 24.6 Å². The van der Waals surface area contributed by atoms with Gasteiger partial charge in [0.1, 0.15) is 23.2 Å². The molecule has 0 aromatic heterocycles. The first-order valence-electron chi connectivity index (χ1n) is 8.58. The first-order valence-corrected chi connectivity index (χ1v) is 8.58. The number of para-hydroxylation sites is 1. The maximum absolute atomic E-state index is 13.8. The molecule has 1 aromatic rings. The molecule has 9 heteroatoms. The molecule has 28 heavy (non-hydrogen) atoms. The Labute approximate surface area is 160 Å². The molecule has 0 spiro atoms. The van der Waals surface area contributed by atoms with Crippen LogP contribution in [0.2, 0.25) is 0 Å². The number of nitrogens with one attached hydrogen (secondary N) is 1. The minimum Gasteiger partial charge on any atom is -0.385 e. The van der Waals surface area contributed by atoms with Crippen LogP contribution < -0.4 is 5.32 Å². The number of carbonyl (C=O) groups excluding carboxylic acids is 2. The van der Waals surface area contributed by atoms with Gasteiger partial charge < -0.3 is 10.1 Å². The van der Waals surface area contributed by atoms with Crippen molar-refractivity contribution in [3.8, 4) is 0 Å². The molecule has 1 aliphatic carbocycles. The van der Waals surface area contributed by atoms with E-state index in [0.717, 1.165) is 12.1 Å². The van der Waals surface area contributed by atoms with Crippen molar-refractivity contribution in [1.29, 1.82) is 0 Å². The molecule has 7 nitrogen and oxygen atoms in total. The number of methoxy groups -OCH3 is 1. The molecule has 0 bridgehead atoms. The number of amidine groups is 1. The highest BCUT2D eigenvalue weighted by atomic mass is 19.1. The molecule has 0 saturated carbocycles. The maximum atomic E-state index is 13.8. The highest BCUT2D eigenvalue weighted by Gasteiger charge is 2.34. The Hall–Kier alpha value is -3.20. The van der Waals surface area contributed by atoms with Gasteiger partial charge in [-0.3, -0.25) is 4.90 Å². The second kappa shape index (κ2) is 8.66. The van der Waals surface area contributed by atoms with Gasteiger partial charge >= 0.3 is 12.1 Å². The Kier molecular flexibility index (Phi) is 6.05. The van der Waals surface area contributed by atoms with E-state index in [0.29, 0.717) is 18.7 Å². The van der Waals surface area contributed by atoms with E-state index < -0.39 is 35.3 Å². The zero-order chi connectivity index (χ0) is 20.1. The Bertz CT molecular complexity index is 888. The second-order valence-electron chi connectivity index (χ2n) is 6.04. The molecular weight excluding hydrogens is 370 g/mol. The van der Waals surface area contributed by atoms with Crippen molar-refractivity contribution < 1.29 is 23.1 Å². The zero-order valence-electron chi connectivity index (χ0n) is 15.1. The number of hydrogen-bond acceptors (Lipinski definition) is 3. The summed E-state index contributed by atoms with van der Waals surface area (Å²) in [5.41, 5.74) is -0.156. The number of ether oxygens (including phenoxy) is 1. The van der Waals surface area contributed by atoms with E-state index in [1.165, 1.54) is 18.1 Å². The SMILES string of the molecule is COCCCN1C(=O)N=C2C=CC=CC2/C1=N/C(=O)Nc1c(F)cccc1F. The summed E-state index contributed by atoms with van der Waals surface area (Å²) in [6.45, 7) is 0.637. The van der Waals surface area contributed by atoms with Crippen LogP contribution in [0.15, 0.2) is 52.5 Å². The number of carbonyl (C=O) groups is 2. The molecule has 0 radical (unpaired) electrons. The average molecular weight is 388 g/mol. The highest BCUT2D eigenvalue weighted by molar-refractivity contribution is 6.24. The minimum absolute atomic E-state index is 0.140. The molecule has 1 atom stereocenters. The molecule has 146 valence electrons. The summed E-state index contributed by atoms with van der Waals surface area (Å²) in [6, 6.07) is 1.67. The summed E-state index contributed by atoms with van der Waals surface area (Å²) in [7, 11) is 1.54. The molecule has 1 heterocycles. The van der Waals surface area contributed by atoms with E-state index in [1.807, 2.05) is 0 Å². The zero-order valence-corrected chi connectivity index (χ0v) is 15.1. The van der Waals surface area contributed by atoms with Crippen LogP contribution in [-0.2, 0) is 4.74 Å². The van der Waals surface area contributed by atoms with Crippen molar-refractivity contribution >= 4 is 29.3 Å². The van der Waals surface area contributed by atoms with E-state index in [4.69, 9.17) is 4.74 Å². The van der Waals surface area contributed by atoms with Crippen LogP contribution in [0.5, 0.6) is 0 Å². The summed E-state index contributed by atoms with van der Waals surface area (Å²) in [5, 5.41) is 2.10. The number of nitrogens with zero attached hydrogens (tertiary/aromatic N) is 3. The summed E-state index contributed by atoms with van der Waals surface area (Å²) >= 11 is 0. The summed E-state index contributed by atoms with van der Waals surface area (Å²) < 4.78 is 32.6. The fourth-order valence-electron chi connectivity index (χ4n) is 2.86. The lowest BCUT2D eigenvalue weighted by atomic mass is 9.94. The molecule has 1 aromatic carbocycles. The smallest absolute Gasteiger partial charge is 0.349 e. The maximum Gasteiger partial charge on any atom is 0.349 e. The molecular formula is C19H18F2N4O3. The standard InChI is InChI=1S/C19H18F2N4O3/c1-28-11-5-10-25-17(12-6-2-3-9-15(12)22-19(25)27)24-18(26)23-16-13(20)7-4-8-14(16)21/h2-4,6-9,12H,5,10-11H2,1H3,(H,23,26)/b24-17-. The number of urea groups is 2. The van der Waals surface area contributed by atoms with Gasteiger partial charge in [0.15, 0.2) is 0 Å². The Morgan fingerprint density at radius 1 is 1.32 bits per heavy atom. The van der Waals surface area contributed by atoms with Crippen LogP contribution in [0.4, 0.5) is 24.1 Å². The van der Waals surface area contributed by atoms with Crippen LogP contribution in [0, 0.1) is 17.6 Å². The van der Waals surface area contributed by atoms with Crippen LogP contribution in [-0.4, -0.2) is 48.8 Å². The number of hydrogen-bond donors (Lipinski definition) is 1. The highest BCUT2D eigenvalue weighted by Crippen LogP contribution is 2.22. The van der Waals surface area contributed by atoms with Crippen molar-refractivity contribution in [2.45, 2.75) is 6.42 Å². The Morgan fingerprint density at radius 2 is 2.07 bits per heavy atom. The first-order chi connectivity index (χ1) is 13.5. The minimum atomic E-state index is -0.993. The normalized spacial score (nSPS) is 19.6. The third kappa shape index (κ3) is 4.20. The lowest BCUT2D eigenvalue weighted by Crippen LogP contribution is -2.47. The molecule has 0 fully saturated rings. The van der Waals surface area contributed by atoms with E-state index in [-0.39, 0.29) is 12.4 Å². The monoisotopic (exact) mass is 388 g/mol. The van der Waals surface area contributed by atoms with E-state index in [2.05, 4.69) is 15.3 Å². The fraction of sp³-hybridized carbons (Fsp3) is 0.263. The van der Waals surface area contributed by atoms with Crippen LogP contribution in [0.25, 0.3) is 0 Å². The third-order valence-corrected chi connectivity index (χ3v) is 4.15. The lowest BCUT2D eigenvalue weighted by molar-refractivity contribution is 0.184. The summed E-state index contributed by atoms with van der Waals surface area (Å²) in [4.78, 5) is 34.0. The van der Waals surface area contributed by atoms with E-state index >= 15 is 0 Å². The largest absolute Gasteiger partial charge is 0.385 e. The molecule has 1 unspecified atom stereocenters. The number of benzene rings is 1. The van der Waals surface area contributed by atoms with Gasteiger partial charge in [-0.15, -0.1) is 0 Å². The van der Waals surface area contributed by atoms with Crippen molar-refractivity contribution in [3.63, 3.8) is 0 Å². The molecule has 0 saturated heterocycles. The summed E-state index contributed by atoms with van der Waals surface area (Å²) in [5.74, 6) is -2.22. The van der Waals surface area contributed by atoms with Crippen LogP contribution in [0.3, 0.4) is 0 Å². The predicted molar refractivity (Wildman–Crippen MR) is 101 cm³/mol. The number of halogens is 2. The number of anilines is 1. The Balaban J connectivity index is 1.90. The third-order valence-electron chi connectivity index (χ3n) is 4.15. The number of rotatable bonds is 5. The number of amides is 4. The fourth-order valence-corrected chi connectivity index (χ4v) is 2.86. The van der Waals surface area contributed by atoms with Crippen molar-refractivity contribution in [3.05, 3.63) is 54.1 Å². The van der Waals surface area contributed by atoms with Crippen molar-refractivity contribution in [1.82, 2.24) is 4.90 Å². The van der Waals surface area contributed by atoms with E-state index in [9.17, 15) is 18.4 Å². The number of allylic oxidation sites excluding steroid dienone is 3. The first kappa shape index (κ1) is 19.6. The van der Waals surface area contributed by atoms with Gasteiger partial charge in [0.2, 0.25) is 0 Å². The van der Waals surface area contributed by atoms with Gasteiger partial charge in [0.05, 0.1) is 11.6 Å². The van der Waals surface area contributed by atoms with Gasteiger partial charge in [-0.1, -0.05) is 24.3 Å². The van der Waals surface area contributed by atoms with Gasteiger partial charge in [-0.2, -0.15) is 9.98 Å². The summed E-state index contributed by atoms with van der Waals surface area (Å²) in [6.07, 6.45) is 7.36. The molecule has 1 N–H and O–H groups in total. The molecule has 4 amide bonds. The average Bonchev–Trinajstić information content (AvgIpc) is 2.67. The van der Waals surface area contributed by atoms with Crippen molar-refractivity contribution in [2.75, 3.05) is 25.6 Å². The predicted octanol–water partition coefficient (Wildman–Crippen LogP) is 3.55. The topological polar surface area (TPSA) is 83.4 Å². The molecule has 2 aliphatic rings. The molecule has 3 rings (SSSR count). The number of aliphatic imine (C=N–C) groups is 2. The van der Waals surface area contributed by atoms with Gasteiger partial charge in [0.25, 0.3) is 0 Å². The quantitative estimate of drug-likeness (QED) is 0.783. The number of fused-ring (bicyclic) bond motifs is 1. The van der Waals surface area contributed by atoms with E-state index in [1.54, 1.807) is 24.3 Å². The second-order valence-corrected chi connectivity index (χ2v) is 6.04. The van der Waals surface area contributed by atoms with Gasteiger partial charge in [0, 0.05) is 20.3 Å². The van der Waals surface area contributed by atoms with Crippen LogP contribution >= 0.6 is 0 Å². The van der Waals surface area contributed by atoms with Gasteiger partial charge in [-0.25, -0.2) is 18.4 Å². The van der Waals surface area contributed by atoms with Crippen LogP contribution in [0.1, 0.15) is 6.42 Å².